The van der Waals surface area contributed by atoms with Crippen molar-refractivity contribution in [3.63, 3.8) is 0 Å². The summed E-state index contributed by atoms with van der Waals surface area (Å²) in [5.41, 5.74) is 15.5. The van der Waals surface area contributed by atoms with Gasteiger partial charge in [-0.2, -0.15) is 4.98 Å². The summed E-state index contributed by atoms with van der Waals surface area (Å²) in [6, 6.07) is 14.1. The van der Waals surface area contributed by atoms with Crippen molar-refractivity contribution in [2.24, 2.45) is 0 Å². The molecule has 0 bridgehead atoms. The van der Waals surface area contributed by atoms with Crippen LogP contribution in [0.25, 0.3) is 11.1 Å². The molecule has 1 aromatic heterocycles. The molecule has 0 aliphatic rings. The van der Waals surface area contributed by atoms with E-state index in [2.05, 4.69) is 29.0 Å². The first-order chi connectivity index (χ1) is 14.0. The van der Waals surface area contributed by atoms with Gasteiger partial charge in [0.2, 0.25) is 5.95 Å². The second-order valence-electron chi connectivity index (χ2n) is 6.62. The Hall–Kier alpha value is -2.99. The van der Waals surface area contributed by atoms with Crippen molar-refractivity contribution < 1.29 is 9.47 Å². The van der Waals surface area contributed by atoms with Gasteiger partial charge in [0.05, 0.1) is 18.9 Å². The van der Waals surface area contributed by atoms with E-state index in [-0.39, 0.29) is 11.8 Å². The van der Waals surface area contributed by atoms with Gasteiger partial charge in [0, 0.05) is 11.4 Å². The van der Waals surface area contributed by atoms with Crippen LogP contribution in [0.5, 0.6) is 11.5 Å². The van der Waals surface area contributed by atoms with Crippen molar-refractivity contribution in [3.8, 4) is 22.6 Å². The lowest BCUT2D eigenvalue weighted by Gasteiger charge is -2.14. The zero-order chi connectivity index (χ0) is 20.8. The molecule has 0 radical (unpaired) electrons. The summed E-state index contributed by atoms with van der Waals surface area (Å²) < 4.78 is 11.7. The highest BCUT2D eigenvalue weighted by molar-refractivity contribution is 6.30. The molecule has 4 N–H and O–H groups in total. The minimum absolute atomic E-state index is 0.143. The lowest BCUT2D eigenvalue weighted by molar-refractivity contribution is 0.245. The summed E-state index contributed by atoms with van der Waals surface area (Å²) in [5.74, 6) is 1.75. The summed E-state index contributed by atoms with van der Waals surface area (Å²) in [4.78, 5) is 7.99. The van der Waals surface area contributed by atoms with Gasteiger partial charge in [-0.05, 0) is 54.3 Å². The van der Waals surface area contributed by atoms with E-state index in [1.54, 1.807) is 6.92 Å². The lowest BCUT2D eigenvalue weighted by atomic mass is 10.0. The van der Waals surface area contributed by atoms with Crippen LogP contribution in [0.3, 0.4) is 0 Å². The number of ether oxygens (including phenoxy) is 2. The van der Waals surface area contributed by atoms with E-state index in [0.717, 1.165) is 33.9 Å². The van der Waals surface area contributed by atoms with E-state index < -0.39 is 0 Å². The number of anilines is 2. The maximum Gasteiger partial charge on any atom is 0.222 e. The minimum Gasteiger partial charge on any atom is -0.493 e. The lowest BCUT2D eigenvalue weighted by Crippen LogP contribution is -2.10. The zero-order valence-corrected chi connectivity index (χ0v) is 17.4. The zero-order valence-electron chi connectivity index (χ0n) is 16.6. The first-order valence-corrected chi connectivity index (χ1v) is 9.89. The van der Waals surface area contributed by atoms with Crippen LogP contribution in [0.15, 0.2) is 42.5 Å². The molecule has 3 rings (SSSR count). The molecule has 29 heavy (non-hydrogen) atoms. The summed E-state index contributed by atoms with van der Waals surface area (Å²) >= 11 is 5.98. The van der Waals surface area contributed by atoms with Gasteiger partial charge >= 0.3 is 0 Å². The Morgan fingerprint density at radius 3 is 2.31 bits per heavy atom. The van der Waals surface area contributed by atoms with Gasteiger partial charge in [-0.1, -0.05) is 36.7 Å². The van der Waals surface area contributed by atoms with Crippen LogP contribution in [0, 0.1) is 6.92 Å². The Morgan fingerprint density at radius 2 is 1.62 bits per heavy atom. The second kappa shape index (κ2) is 9.47. The number of nitrogens with zero attached hydrogens (tertiary/aromatic N) is 2. The number of benzene rings is 2. The quantitative estimate of drug-likeness (QED) is 0.521. The van der Waals surface area contributed by atoms with Crippen molar-refractivity contribution in [2.45, 2.75) is 26.7 Å². The first kappa shape index (κ1) is 20.7. The Morgan fingerprint density at radius 1 is 0.931 bits per heavy atom. The number of aromatic nitrogens is 2. The third-order valence-electron chi connectivity index (χ3n) is 4.49. The predicted octanol–water partition coefficient (Wildman–Crippen LogP) is 4.68. The van der Waals surface area contributed by atoms with E-state index in [9.17, 15) is 0 Å². The molecular formula is C22H25ClN4O2. The van der Waals surface area contributed by atoms with E-state index in [1.807, 2.05) is 30.3 Å². The number of nitrogens with two attached hydrogens (primary N) is 2. The molecule has 0 unspecified atom stereocenters. The maximum atomic E-state index is 5.98. The molecule has 0 aliphatic carbocycles. The summed E-state index contributed by atoms with van der Waals surface area (Å²) in [7, 11) is 0. The van der Waals surface area contributed by atoms with Crippen LogP contribution in [-0.4, -0.2) is 23.2 Å². The first-order valence-electron chi connectivity index (χ1n) is 9.52. The van der Waals surface area contributed by atoms with Gasteiger partial charge in [-0.3, -0.25) is 0 Å². The number of nitrogen functional groups attached to an aromatic ring is 2. The number of hydrogen-bond donors (Lipinski definition) is 2. The van der Waals surface area contributed by atoms with Crippen LogP contribution >= 0.6 is 11.6 Å². The van der Waals surface area contributed by atoms with Crippen LogP contribution in [-0.2, 0) is 6.42 Å². The SMILES string of the molecule is CCc1cc(-c2ccc(Cl)cc2)ccc1OCCCOc1c(C)nc(N)nc1N. The maximum absolute atomic E-state index is 5.98. The highest BCUT2D eigenvalue weighted by atomic mass is 35.5. The highest BCUT2D eigenvalue weighted by Gasteiger charge is 2.10. The molecule has 0 amide bonds. The fourth-order valence-corrected chi connectivity index (χ4v) is 3.15. The van der Waals surface area contributed by atoms with Crippen LogP contribution in [0.4, 0.5) is 11.8 Å². The molecule has 3 aromatic rings. The predicted molar refractivity (Wildman–Crippen MR) is 117 cm³/mol. The molecular weight excluding hydrogens is 388 g/mol. The Labute approximate surface area is 175 Å². The van der Waals surface area contributed by atoms with Crippen molar-refractivity contribution in [2.75, 3.05) is 24.7 Å². The van der Waals surface area contributed by atoms with Gasteiger partial charge in [-0.25, -0.2) is 4.98 Å². The third kappa shape index (κ3) is 5.29. The van der Waals surface area contributed by atoms with Crippen molar-refractivity contribution in [1.82, 2.24) is 9.97 Å². The molecule has 0 saturated carbocycles. The topological polar surface area (TPSA) is 96.3 Å². The van der Waals surface area contributed by atoms with Crippen molar-refractivity contribution in [1.29, 1.82) is 0 Å². The van der Waals surface area contributed by atoms with E-state index in [1.165, 1.54) is 0 Å². The van der Waals surface area contributed by atoms with E-state index >= 15 is 0 Å². The largest absolute Gasteiger partial charge is 0.493 e. The summed E-state index contributed by atoms with van der Waals surface area (Å²) in [6.07, 6.45) is 1.58. The van der Waals surface area contributed by atoms with Gasteiger partial charge in [0.15, 0.2) is 11.6 Å². The molecule has 0 atom stereocenters. The normalized spacial score (nSPS) is 10.7. The highest BCUT2D eigenvalue weighted by Crippen LogP contribution is 2.28. The minimum atomic E-state index is 0.143. The van der Waals surface area contributed by atoms with E-state index in [0.29, 0.717) is 31.1 Å². The Bertz CT molecular complexity index is 954. The molecule has 0 fully saturated rings. The fourth-order valence-electron chi connectivity index (χ4n) is 3.02. The molecule has 152 valence electrons. The smallest absolute Gasteiger partial charge is 0.222 e. The number of halogens is 1. The Kier molecular flexibility index (Phi) is 6.77. The van der Waals surface area contributed by atoms with Crippen molar-refractivity contribution in [3.05, 3.63) is 58.7 Å². The fraction of sp³-hybridized carbons (Fsp3) is 0.273. The molecule has 2 aromatic carbocycles. The summed E-state index contributed by atoms with van der Waals surface area (Å²) in [6.45, 7) is 4.88. The van der Waals surface area contributed by atoms with Gasteiger partial charge < -0.3 is 20.9 Å². The van der Waals surface area contributed by atoms with Gasteiger partial charge in [-0.15, -0.1) is 0 Å². The second-order valence-corrected chi connectivity index (χ2v) is 7.05. The van der Waals surface area contributed by atoms with Crippen molar-refractivity contribution >= 4 is 23.4 Å². The molecule has 0 spiro atoms. The monoisotopic (exact) mass is 412 g/mol. The molecule has 1 heterocycles. The van der Waals surface area contributed by atoms with E-state index in [4.69, 9.17) is 32.5 Å². The molecule has 6 nitrogen and oxygen atoms in total. The van der Waals surface area contributed by atoms with Gasteiger partial charge in [0.1, 0.15) is 5.75 Å². The average molecular weight is 413 g/mol. The molecule has 0 saturated heterocycles. The van der Waals surface area contributed by atoms with Crippen LogP contribution in [0.1, 0.15) is 24.6 Å². The third-order valence-corrected chi connectivity index (χ3v) is 4.74. The molecule has 7 heteroatoms. The number of hydrogen-bond acceptors (Lipinski definition) is 6. The number of rotatable bonds is 8. The Balaban J connectivity index is 1.56. The van der Waals surface area contributed by atoms with Gasteiger partial charge in [0.25, 0.3) is 0 Å². The number of aryl methyl sites for hydroxylation is 2. The van der Waals surface area contributed by atoms with Crippen LogP contribution < -0.4 is 20.9 Å². The standard InChI is InChI=1S/C22H25ClN4O2/c1-3-15-13-17(16-5-8-18(23)9-6-16)7-10-19(15)28-11-4-12-29-20-14(2)26-22(25)27-21(20)24/h5-10,13H,3-4,11-12H2,1-2H3,(H4,24,25,26,27). The molecule has 0 aliphatic heterocycles. The van der Waals surface area contributed by atoms with Crippen LogP contribution in [0.2, 0.25) is 5.02 Å². The average Bonchev–Trinajstić information content (AvgIpc) is 2.70. The summed E-state index contributed by atoms with van der Waals surface area (Å²) in [5, 5.41) is 0.731.